The highest BCUT2D eigenvalue weighted by Crippen LogP contribution is 2.17. The average Bonchev–Trinajstić information content (AvgIpc) is 2.75. The van der Waals surface area contributed by atoms with E-state index in [9.17, 15) is 9.90 Å². The number of aromatic nitrogens is 1. The molecule has 0 radical (unpaired) electrons. The number of aryl methyl sites for hydroxylation is 2. The standard InChI is InChI=1S/C13H14N2O2S/c1-8-3-4-10(5-11(8)16)13(17)14-6-12-9(2)15-7-18-12/h3-5,7,16H,6H2,1-2H3,(H,14,17). The number of carbonyl (C=O) groups excluding carboxylic acids is 1. The Morgan fingerprint density at radius 3 is 2.83 bits per heavy atom. The zero-order chi connectivity index (χ0) is 13.1. The van der Waals surface area contributed by atoms with Gasteiger partial charge in [0.05, 0.1) is 17.7 Å². The SMILES string of the molecule is Cc1ccc(C(=O)NCc2scnc2C)cc1O. The molecule has 0 fully saturated rings. The number of nitrogens with zero attached hydrogens (tertiary/aromatic N) is 1. The number of hydrogen-bond acceptors (Lipinski definition) is 4. The van der Waals surface area contributed by atoms with E-state index in [2.05, 4.69) is 10.3 Å². The van der Waals surface area contributed by atoms with Crippen LogP contribution in [0.3, 0.4) is 0 Å². The molecule has 0 atom stereocenters. The number of phenols is 1. The van der Waals surface area contributed by atoms with Crippen LogP contribution < -0.4 is 5.32 Å². The maximum Gasteiger partial charge on any atom is 0.251 e. The molecule has 0 spiro atoms. The first kappa shape index (κ1) is 12.6. The lowest BCUT2D eigenvalue weighted by Crippen LogP contribution is -2.22. The molecule has 0 aliphatic rings. The summed E-state index contributed by atoms with van der Waals surface area (Å²) in [7, 11) is 0. The first-order valence-corrected chi connectivity index (χ1v) is 6.42. The van der Waals surface area contributed by atoms with Gasteiger partial charge < -0.3 is 10.4 Å². The van der Waals surface area contributed by atoms with Gasteiger partial charge in [-0.15, -0.1) is 11.3 Å². The minimum Gasteiger partial charge on any atom is -0.508 e. The summed E-state index contributed by atoms with van der Waals surface area (Å²) in [6.45, 7) is 4.16. The number of phenolic OH excluding ortho intramolecular Hbond substituents is 1. The van der Waals surface area contributed by atoms with Crippen LogP contribution in [-0.2, 0) is 6.54 Å². The second-order valence-electron chi connectivity index (χ2n) is 4.04. The number of rotatable bonds is 3. The van der Waals surface area contributed by atoms with Gasteiger partial charge >= 0.3 is 0 Å². The van der Waals surface area contributed by atoms with E-state index >= 15 is 0 Å². The Balaban J connectivity index is 2.04. The van der Waals surface area contributed by atoms with Gasteiger partial charge in [-0.1, -0.05) is 6.07 Å². The second kappa shape index (κ2) is 5.18. The summed E-state index contributed by atoms with van der Waals surface area (Å²) in [5.74, 6) is -0.0604. The number of aromatic hydroxyl groups is 1. The maximum atomic E-state index is 11.9. The van der Waals surface area contributed by atoms with Crippen molar-refractivity contribution >= 4 is 17.2 Å². The molecule has 0 bridgehead atoms. The molecule has 1 amide bonds. The minimum atomic E-state index is -0.196. The number of benzene rings is 1. The number of thiazole rings is 1. The molecule has 0 aliphatic heterocycles. The van der Waals surface area contributed by atoms with Crippen molar-refractivity contribution in [3.05, 3.63) is 45.4 Å². The monoisotopic (exact) mass is 262 g/mol. The lowest BCUT2D eigenvalue weighted by atomic mass is 10.1. The Hall–Kier alpha value is -1.88. The second-order valence-corrected chi connectivity index (χ2v) is 4.98. The highest BCUT2D eigenvalue weighted by atomic mass is 32.1. The molecule has 0 unspecified atom stereocenters. The van der Waals surface area contributed by atoms with Crippen molar-refractivity contribution in [1.29, 1.82) is 0 Å². The van der Waals surface area contributed by atoms with Crippen molar-refractivity contribution in [2.24, 2.45) is 0 Å². The molecule has 4 nitrogen and oxygen atoms in total. The molecule has 5 heteroatoms. The Morgan fingerprint density at radius 1 is 1.44 bits per heavy atom. The molecular weight excluding hydrogens is 248 g/mol. The largest absolute Gasteiger partial charge is 0.508 e. The van der Waals surface area contributed by atoms with Crippen LogP contribution in [-0.4, -0.2) is 16.0 Å². The Kier molecular flexibility index (Phi) is 3.62. The Bertz CT molecular complexity index is 578. The number of amides is 1. The van der Waals surface area contributed by atoms with E-state index in [1.807, 2.05) is 6.92 Å². The predicted molar refractivity (Wildman–Crippen MR) is 70.9 cm³/mol. The highest BCUT2D eigenvalue weighted by Gasteiger charge is 2.09. The highest BCUT2D eigenvalue weighted by molar-refractivity contribution is 7.09. The van der Waals surface area contributed by atoms with Gasteiger partial charge in [-0.25, -0.2) is 4.98 Å². The molecule has 0 saturated heterocycles. The van der Waals surface area contributed by atoms with Crippen LogP contribution in [0.4, 0.5) is 0 Å². The zero-order valence-electron chi connectivity index (χ0n) is 10.2. The molecule has 1 aromatic carbocycles. The van der Waals surface area contributed by atoms with Gasteiger partial charge in [-0.3, -0.25) is 4.79 Å². The fraction of sp³-hybridized carbons (Fsp3) is 0.231. The van der Waals surface area contributed by atoms with Crippen LogP contribution in [0.1, 0.15) is 26.5 Å². The van der Waals surface area contributed by atoms with E-state index in [1.165, 1.54) is 17.4 Å². The normalized spacial score (nSPS) is 10.3. The third kappa shape index (κ3) is 2.68. The van der Waals surface area contributed by atoms with Gasteiger partial charge in [0.1, 0.15) is 5.75 Å². The summed E-state index contributed by atoms with van der Waals surface area (Å²) < 4.78 is 0. The minimum absolute atomic E-state index is 0.136. The van der Waals surface area contributed by atoms with E-state index in [1.54, 1.807) is 24.6 Å². The van der Waals surface area contributed by atoms with Crippen LogP contribution in [0, 0.1) is 13.8 Å². The lowest BCUT2D eigenvalue weighted by molar-refractivity contribution is 0.0951. The fourth-order valence-corrected chi connectivity index (χ4v) is 2.23. The molecular formula is C13H14N2O2S. The number of hydrogen-bond donors (Lipinski definition) is 2. The molecule has 0 aliphatic carbocycles. The van der Waals surface area contributed by atoms with E-state index in [4.69, 9.17) is 0 Å². The summed E-state index contributed by atoms with van der Waals surface area (Å²) in [6.07, 6.45) is 0. The van der Waals surface area contributed by atoms with Crippen LogP contribution in [0.5, 0.6) is 5.75 Å². The number of carbonyl (C=O) groups is 1. The van der Waals surface area contributed by atoms with Gasteiger partial charge in [0.2, 0.25) is 0 Å². The van der Waals surface area contributed by atoms with E-state index < -0.39 is 0 Å². The molecule has 2 rings (SSSR count). The van der Waals surface area contributed by atoms with Crippen molar-refractivity contribution in [3.8, 4) is 5.75 Å². The van der Waals surface area contributed by atoms with Gasteiger partial charge in [0, 0.05) is 10.4 Å². The van der Waals surface area contributed by atoms with Crippen LogP contribution in [0.25, 0.3) is 0 Å². The summed E-state index contributed by atoms with van der Waals surface area (Å²) in [5, 5.41) is 12.4. The third-order valence-electron chi connectivity index (χ3n) is 2.73. The molecule has 1 heterocycles. The molecule has 94 valence electrons. The van der Waals surface area contributed by atoms with Crippen LogP contribution >= 0.6 is 11.3 Å². The predicted octanol–water partition coefficient (Wildman–Crippen LogP) is 2.40. The van der Waals surface area contributed by atoms with E-state index in [0.29, 0.717) is 12.1 Å². The molecule has 2 aromatic rings. The molecule has 18 heavy (non-hydrogen) atoms. The topological polar surface area (TPSA) is 62.2 Å². The number of nitrogens with one attached hydrogen (secondary N) is 1. The summed E-state index contributed by atoms with van der Waals surface area (Å²) in [5.41, 5.74) is 3.91. The summed E-state index contributed by atoms with van der Waals surface area (Å²) in [6, 6.07) is 4.90. The van der Waals surface area contributed by atoms with Crippen LogP contribution in [0.2, 0.25) is 0 Å². The smallest absolute Gasteiger partial charge is 0.251 e. The van der Waals surface area contributed by atoms with E-state index in [-0.39, 0.29) is 11.7 Å². The van der Waals surface area contributed by atoms with E-state index in [0.717, 1.165) is 16.1 Å². The first-order chi connectivity index (χ1) is 8.58. The lowest BCUT2D eigenvalue weighted by Gasteiger charge is -2.06. The van der Waals surface area contributed by atoms with Gasteiger partial charge in [0.15, 0.2) is 0 Å². The zero-order valence-corrected chi connectivity index (χ0v) is 11.0. The van der Waals surface area contributed by atoms with Gasteiger partial charge in [0.25, 0.3) is 5.91 Å². The first-order valence-electron chi connectivity index (χ1n) is 5.54. The summed E-state index contributed by atoms with van der Waals surface area (Å²) >= 11 is 1.52. The Morgan fingerprint density at radius 2 is 2.22 bits per heavy atom. The van der Waals surface area contributed by atoms with Gasteiger partial charge in [-0.2, -0.15) is 0 Å². The van der Waals surface area contributed by atoms with Gasteiger partial charge in [-0.05, 0) is 31.5 Å². The quantitative estimate of drug-likeness (QED) is 0.892. The van der Waals surface area contributed by atoms with Crippen molar-refractivity contribution in [3.63, 3.8) is 0 Å². The maximum absolute atomic E-state index is 11.9. The van der Waals surface area contributed by atoms with Crippen LogP contribution in [0.15, 0.2) is 23.7 Å². The fourth-order valence-electron chi connectivity index (χ4n) is 1.51. The van der Waals surface area contributed by atoms with Crippen molar-refractivity contribution in [1.82, 2.24) is 10.3 Å². The molecule has 0 saturated carbocycles. The third-order valence-corrected chi connectivity index (χ3v) is 3.66. The molecule has 1 aromatic heterocycles. The molecule has 2 N–H and O–H groups in total. The van der Waals surface area contributed by atoms with Crippen molar-refractivity contribution in [2.45, 2.75) is 20.4 Å². The summed E-state index contributed by atoms with van der Waals surface area (Å²) in [4.78, 5) is 17.0. The van der Waals surface area contributed by atoms with Crippen molar-refractivity contribution in [2.75, 3.05) is 0 Å². The average molecular weight is 262 g/mol. The Labute approximate surface area is 109 Å². The van der Waals surface area contributed by atoms with Crippen molar-refractivity contribution < 1.29 is 9.90 Å².